The van der Waals surface area contributed by atoms with E-state index in [4.69, 9.17) is 9.47 Å². The Kier molecular flexibility index (Phi) is 7.64. The molecule has 3 rings (SSSR count). The lowest BCUT2D eigenvalue weighted by Gasteiger charge is -2.25. The van der Waals surface area contributed by atoms with Crippen LogP contribution in [0.4, 0.5) is 4.39 Å². The van der Waals surface area contributed by atoms with Gasteiger partial charge in [0.05, 0.1) is 30.9 Å². The highest BCUT2D eigenvalue weighted by molar-refractivity contribution is 6.46. The van der Waals surface area contributed by atoms with E-state index < -0.39 is 23.5 Å². The van der Waals surface area contributed by atoms with Crippen LogP contribution in [0.2, 0.25) is 0 Å². The molecule has 0 radical (unpaired) electrons. The number of benzene rings is 2. The van der Waals surface area contributed by atoms with Crippen LogP contribution in [0.5, 0.6) is 5.75 Å². The zero-order chi connectivity index (χ0) is 23.3. The second-order valence-electron chi connectivity index (χ2n) is 7.84. The molecule has 1 saturated heterocycles. The Hall–Kier alpha value is -3.19. The van der Waals surface area contributed by atoms with Crippen LogP contribution >= 0.6 is 0 Å². The first-order chi connectivity index (χ1) is 15.3. The molecule has 0 bridgehead atoms. The smallest absolute Gasteiger partial charge is 0.295 e. The number of Topliss-reactive ketones (excluding diaryl/α,β-unsaturated/α-hetero) is 1. The minimum atomic E-state index is -0.855. The average Bonchev–Trinajstić information content (AvgIpc) is 3.02. The van der Waals surface area contributed by atoms with Gasteiger partial charge < -0.3 is 19.5 Å². The first kappa shape index (κ1) is 23.5. The van der Waals surface area contributed by atoms with Gasteiger partial charge >= 0.3 is 0 Å². The lowest BCUT2D eigenvalue weighted by Crippen LogP contribution is -2.33. The maximum absolute atomic E-state index is 13.5. The van der Waals surface area contributed by atoms with Crippen LogP contribution in [0.15, 0.2) is 54.1 Å². The molecular formula is C25H28FNO5. The van der Waals surface area contributed by atoms with Gasteiger partial charge in [0.2, 0.25) is 0 Å². The molecule has 2 aromatic carbocycles. The molecule has 1 aliphatic rings. The van der Waals surface area contributed by atoms with Crippen molar-refractivity contribution in [1.29, 1.82) is 0 Å². The fourth-order valence-electron chi connectivity index (χ4n) is 3.60. The monoisotopic (exact) mass is 441 g/mol. The molecule has 7 heteroatoms. The van der Waals surface area contributed by atoms with Crippen molar-refractivity contribution in [2.24, 2.45) is 0 Å². The van der Waals surface area contributed by atoms with Gasteiger partial charge in [-0.2, -0.15) is 0 Å². The highest BCUT2D eigenvalue weighted by Crippen LogP contribution is 2.39. The predicted octanol–water partition coefficient (Wildman–Crippen LogP) is 4.46. The molecule has 1 unspecified atom stereocenters. The van der Waals surface area contributed by atoms with Gasteiger partial charge in [-0.05, 0) is 50.1 Å². The van der Waals surface area contributed by atoms with Crippen LogP contribution in [0.25, 0.3) is 5.76 Å². The molecule has 0 saturated carbocycles. The molecular weight excluding hydrogens is 413 g/mol. The Morgan fingerprint density at radius 3 is 2.50 bits per heavy atom. The van der Waals surface area contributed by atoms with Gasteiger partial charge in [-0.3, -0.25) is 9.59 Å². The summed E-state index contributed by atoms with van der Waals surface area (Å²) in [6.45, 7) is 6.62. The number of aliphatic hydroxyl groups excluding tert-OH is 1. The molecule has 0 aromatic heterocycles. The molecule has 1 fully saturated rings. The predicted molar refractivity (Wildman–Crippen MR) is 119 cm³/mol. The van der Waals surface area contributed by atoms with Gasteiger partial charge in [0, 0.05) is 12.1 Å². The Labute approximate surface area is 187 Å². The summed E-state index contributed by atoms with van der Waals surface area (Å²) in [5, 5.41) is 11.1. The van der Waals surface area contributed by atoms with Crippen molar-refractivity contribution in [3.8, 4) is 5.75 Å². The molecule has 2 aromatic rings. The first-order valence-corrected chi connectivity index (χ1v) is 10.7. The number of ketones is 1. The third-order valence-corrected chi connectivity index (χ3v) is 5.09. The number of halogens is 1. The number of hydrogen-bond acceptors (Lipinski definition) is 5. The van der Waals surface area contributed by atoms with Gasteiger partial charge in [-0.15, -0.1) is 0 Å². The topological polar surface area (TPSA) is 76.1 Å². The van der Waals surface area contributed by atoms with E-state index in [9.17, 15) is 19.1 Å². The lowest BCUT2D eigenvalue weighted by molar-refractivity contribution is -0.140. The summed E-state index contributed by atoms with van der Waals surface area (Å²) in [6, 6.07) is 11.4. The summed E-state index contributed by atoms with van der Waals surface area (Å²) >= 11 is 0. The van der Waals surface area contributed by atoms with Gasteiger partial charge in [-0.25, -0.2) is 4.39 Å². The number of likely N-dealkylation sites (tertiary alicyclic amines) is 1. The molecule has 0 spiro atoms. The largest absolute Gasteiger partial charge is 0.507 e. The quantitative estimate of drug-likeness (QED) is 0.353. The zero-order valence-corrected chi connectivity index (χ0v) is 18.5. The molecule has 1 amide bonds. The molecule has 1 atom stereocenters. The molecule has 170 valence electrons. The van der Waals surface area contributed by atoms with Crippen molar-refractivity contribution >= 4 is 17.4 Å². The molecule has 1 aliphatic heterocycles. The maximum atomic E-state index is 13.5. The number of carbonyl (C=O) groups is 2. The van der Waals surface area contributed by atoms with E-state index >= 15 is 0 Å². The van der Waals surface area contributed by atoms with Crippen molar-refractivity contribution in [2.45, 2.75) is 39.3 Å². The second kappa shape index (κ2) is 10.4. The summed E-state index contributed by atoms with van der Waals surface area (Å²) < 4.78 is 24.7. The van der Waals surface area contributed by atoms with E-state index in [1.54, 1.807) is 24.3 Å². The van der Waals surface area contributed by atoms with Gasteiger partial charge in [0.15, 0.2) is 0 Å². The number of nitrogens with zero attached hydrogens (tertiary/aromatic N) is 1. The van der Waals surface area contributed by atoms with Crippen molar-refractivity contribution in [3.63, 3.8) is 0 Å². The maximum Gasteiger partial charge on any atom is 0.295 e. The third-order valence-electron chi connectivity index (χ3n) is 5.09. The van der Waals surface area contributed by atoms with E-state index in [0.29, 0.717) is 23.5 Å². The highest BCUT2D eigenvalue weighted by atomic mass is 19.1. The zero-order valence-electron chi connectivity index (χ0n) is 18.5. The van der Waals surface area contributed by atoms with Gasteiger partial charge in [0.25, 0.3) is 11.7 Å². The summed E-state index contributed by atoms with van der Waals surface area (Å²) in [7, 11) is 0. The van der Waals surface area contributed by atoms with E-state index in [1.165, 1.54) is 29.2 Å². The van der Waals surface area contributed by atoms with Crippen LogP contribution < -0.4 is 4.74 Å². The summed E-state index contributed by atoms with van der Waals surface area (Å²) in [5.41, 5.74) is 0.844. The number of aliphatic hydroxyl groups is 1. The Bertz CT molecular complexity index is 1000. The lowest BCUT2D eigenvalue weighted by atomic mass is 9.95. The van der Waals surface area contributed by atoms with E-state index in [2.05, 4.69) is 0 Å². The number of hydrogen-bond donors (Lipinski definition) is 1. The SMILES string of the molecule is CCCOc1cccc(/C(O)=C2/C(=O)C(=O)N(CCOC(C)C)C2c2ccc(F)cc2)c1. The third kappa shape index (κ3) is 5.16. The Morgan fingerprint density at radius 2 is 1.84 bits per heavy atom. The number of amides is 1. The number of ether oxygens (including phenoxy) is 2. The molecule has 1 heterocycles. The van der Waals surface area contributed by atoms with Crippen LogP contribution in [0.1, 0.15) is 44.4 Å². The first-order valence-electron chi connectivity index (χ1n) is 10.7. The van der Waals surface area contributed by atoms with Crippen molar-refractivity contribution in [1.82, 2.24) is 4.90 Å². The van der Waals surface area contributed by atoms with Crippen molar-refractivity contribution < 1.29 is 28.6 Å². The highest BCUT2D eigenvalue weighted by Gasteiger charge is 2.45. The second-order valence-corrected chi connectivity index (χ2v) is 7.84. The van der Waals surface area contributed by atoms with Crippen LogP contribution in [0.3, 0.4) is 0 Å². The summed E-state index contributed by atoms with van der Waals surface area (Å²) in [6.07, 6.45) is 0.784. The normalized spacial score (nSPS) is 17.9. The average molecular weight is 441 g/mol. The Morgan fingerprint density at radius 1 is 1.12 bits per heavy atom. The molecule has 32 heavy (non-hydrogen) atoms. The van der Waals surface area contributed by atoms with Crippen LogP contribution in [-0.4, -0.2) is 47.6 Å². The fraction of sp³-hybridized carbons (Fsp3) is 0.360. The van der Waals surface area contributed by atoms with Crippen LogP contribution in [0, 0.1) is 5.82 Å². The minimum Gasteiger partial charge on any atom is -0.507 e. The standard InChI is InChI=1S/C25H28FNO5/c1-4-13-32-20-7-5-6-18(15-20)23(28)21-22(17-8-10-19(26)11-9-17)27(25(30)24(21)29)12-14-31-16(2)3/h5-11,15-16,22,28H,4,12-14H2,1-3H3/b23-21-. The number of rotatable bonds is 9. The number of carbonyl (C=O) groups excluding carboxylic acids is 2. The van der Waals surface area contributed by atoms with Crippen LogP contribution in [-0.2, 0) is 14.3 Å². The molecule has 6 nitrogen and oxygen atoms in total. The van der Waals surface area contributed by atoms with E-state index in [1.807, 2.05) is 20.8 Å². The van der Waals surface area contributed by atoms with E-state index in [0.717, 1.165) is 6.42 Å². The van der Waals surface area contributed by atoms with Crippen molar-refractivity contribution in [2.75, 3.05) is 19.8 Å². The molecule has 1 N–H and O–H groups in total. The van der Waals surface area contributed by atoms with E-state index in [-0.39, 0.29) is 30.6 Å². The molecule has 0 aliphatic carbocycles. The minimum absolute atomic E-state index is 0.0399. The Balaban J connectivity index is 2.05. The fourth-order valence-corrected chi connectivity index (χ4v) is 3.60. The summed E-state index contributed by atoms with van der Waals surface area (Å²) in [5.74, 6) is -1.71. The van der Waals surface area contributed by atoms with Crippen molar-refractivity contribution in [3.05, 3.63) is 71.0 Å². The van der Waals surface area contributed by atoms with Gasteiger partial charge in [-0.1, -0.05) is 31.2 Å². The summed E-state index contributed by atoms with van der Waals surface area (Å²) in [4.78, 5) is 27.2. The van der Waals surface area contributed by atoms with Gasteiger partial charge in [0.1, 0.15) is 17.3 Å².